The Morgan fingerprint density at radius 2 is 1.95 bits per heavy atom. The third-order valence-corrected chi connectivity index (χ3v) is 4.11. The first-order valence-corrected chi connectivity index (χ1v) is 7.44. The lowest BCUT2D eigenvalue weighted by atomic mass is 9.94. The summed E-state index contributed by atoms with van der Waals surface area (Å²) in [6, 6.07) is 9.14. The predicted molar refractivity (Wildman–Crippen MR) is 79.0 cm³/mol. The van der Waals surface area contributed by atoms with Crippen molar-refractivity contribution >= 4 is 5.91 Å². The van der Waals surface area contributed by atoms with Crippen molar-refractivity contribution in [3.05, 3.63) is 35.9 Å². The standard InChI is InChI=1S/C16H24N2O2/c17-14-10-6-2-5-9-13(14)16(20)18-15(11-19)12-7-3-1-4-8-12/h1,3-4,7-8,13-15,19H,2,5-6,9-11,17H2,(H,18,20)/t13?,14?,15-/m1/s1. The Hall–Kier alpha value is -1.39. The highest BCUT2D eigenvalue weighted by molar-refractivity contribution is 5.79. The molecule has 0 aliphatic heterocycles. The average molecular weight is 276 g/mol. The first-order valence-electron chi connectivity index (χ1n) is 7.44. The number of carbonyl (C=O) groups excluding carboxylic acids is 1. The van der Waals surface area contributed by atoms with Gasteiger partial charge < -0.3 is 16.2 Å². The largest absolute Gasteiger partial charge is 0.394 e. The van der Waals surface area contributed by atoms with Gasteiger partial charge in [0.05, 0.1) is 18.6 Å². The van der Waals surface area contributed by atoms with Gasteiger partial charge in [-0.1, -0.05) is 49.6 Å². The third-order valence-electron chi connectivity index (χ3n) is 4.11. The zero-order chi connectivity index (χ0) is 14.4. The molecule has 3 atom stereocenters. The molecule has 1 aromatic rings. The molecular weight excluding hydrogens is 252 g/mol. The van der Waals surface area contributed by atoms with E-state index >= 15 is 0 Å². The number of hydrogen-bond donors (Lipinski definition) is 3. The number of carbonyl (C=O) groups is 1. The molecule has 4 nitrogen and oxygen atoms in total. The van der Waals surface area contributed by atoms with Gasteiger partial charge in [-0.2, -0.15) is 0 Å². The summed E-state index contributed by atoms with van der Waals surface area (Å²) in [7, 11) is 0. The van der Waals surface area contributed by atoms with Gasteiger partial charge >= 0.3 is 0 Å². The molecule has 1 aromatic carbocycles. The van der Waals surface area contributed by atoms with Crippen LogP contribution in [0.1, 0.15) is 43.7 Å². The molecule has 0 radical (unpaired) electrons. The fraction of sp³-hybridized carbons (Fsp3) is 0.562. The molecule has 0 heterocycles. The summed E-state index contributed by atoms with van der Waals surface area (Å²) in [5, 5.41) is 12.4. The van der Waals surface area contributed by atoms with Gasteiger partial charge in [0, 0.05) is 6.04 Å². The predicted octanol–water partition coefficient (Wildman–Crippen LogP) is 1.74. The lowest BCUT2D eigenvalue weighted by Gasteiger charge is -2.24. The summed E-state index contributed by atoms with van der Waals surface area (Å²) in [6.07, 6.45) is 5.07. The fourth-order valence-corrected chi connectivity index (χ4v) is 2.86. The van der Waals surface area contributed by atoms with E-state index in [2.05, 4.69) is 5.32 Å². The van der Waals surface area contributed by atoms with Crippen molar-refractivity contribution in [1.82, 2.24) is 5.32 Å². The van der Waals surface area contributed by atoms with Crippen LogP contribution in [0.3, 0.4) is 0 Å². The maximum Gasteiger partial charge on any atom is 0.225 e. The van der Waals surface area contributed by atoms with Crippen molar-refractivity contribution in [3.8, 4) is 0 Å². The van der Waals surface area contributed by atoms with Crippen LogP contribution in [-0.4, -0.2) is 23.7 Å². The summed E-state index contributed by atoms with van der Waals surface area (Å²) in [5.41, 5.74) is 7.03. The van der Waals surface area contributed by atoms with E-state index in [-0.39, 0.29) is 30.5 Å². The molecular formula is C16H24N2O2. The van der Waals surface area contributed by atoms with E-state index in [1.54, 1.807) is 0 Å². The third kappa shape index (κ3) is 3.81. The first kappa shape index (κ1) is 15.0. The van der Waals surface area contributed by atoms with E-state index in [4.69, 9.17) is 5.73 Å². The summed E-state index contributed by atoms with van der Waals surface area (Å²) in [5.74, 6) is -0.155. The Bertz CT molecular complexity index is 422. The number of nitrogens with one attached hydrogen (secondary N) is 1. The second-order valence-corrected chi connectivity index (χ2v) is 5.56. The van der Waals surface area contributed by atoms with E-state index in [0.717, 1.165) is 37.7 Å². The highest BCUT2D eigenvalue weighted by Gasteiger charge is 2.28. The minimum Gasteiger partial charge on any atom is -0.394 e. The lowest BCUT2D eigenvalue weighted by Crippen LogP contribution is -2.43. The van der Waals surface area contributed by atoms with Crippen LogP contribution in [0, 0.1) is 5.92 Å². The summed E-state index contributed by atoms with van der Waals surface area (Å²) in [4.78, 5) is 12.4. The summed E-state index contributed by atoms with van der Waals surface area (Å²) in [6.45, 7) is -0.0995. The molecule has 1 saturated carbocycles. The van der Waals surface area contributed by atoms with E-state index in [1.165, 1.54) is 0 Å². The number of aliphatic hydroxyl groups excluding tert-OH is 1. The van der Waals surface area contributed by atoms with E-state index < -0.39 is 0 Å². The smallest absolute Gasteiger partial charge is 0.225 e. The summed E-state index contributed by atoms with van der Waals surface area (Å²) < 4.78 is 0. The molecule has 0 spiro atoms. The molecule has 2 rings (SSSR count). The van der Waals surface area contributed by atoms with Crippen molar-refractivity contribution in [2.75, 3.05) is 6.61 Å². The SMILES string of the molecule is NC1CCCCCC1C(=O)N[C@H](CO)c1ccccc1. The van der Waals surface area contributed by atoms with Gasteiger partial charge in [0.1, 0.15) is 0 Å². The molecule has 1 aliphatic rings. The molecule has 110 valence electrons. The van der Waals surface area contributed by atoms with Crippen LogP contribution < -0.4 is 11.1 Å². The molecule has 1 amide bonds. The fourth-order valence-electron chi connectivity index (χ4n) is 2.86. The van der Waals surface area contributed by atoms with Gasteiger partial charge in [0.25, 0.3) is 0 Å². The van der Waals surface area contributed by atoms with Gasteiger partial charge in [-0.05, 0) is 18.4 Å². The summed E-state index contributed by atoms with van der Waals surface area (Å²) >= 11 is 0. The van der Waals surface area contributed by atoms with Crippen LogP contribution in [0.25, 0.3) is 0 Å². The average Bonchev–Trinajstić information content (AvgIpc) is 2.70. The van der Waals surface area contributed by atoms with Crippen molar-refractivity contribution in [3.63, 3.8) is 0 Å². The maximum atomic E-state index is 12.4. The van der Waals surface area contributed by atoms with Crippen LogP contribution in [0.15, 0.2) is 30.3 Å². The van der Waals surface area contributed by atoms with Gasteiger partial charge in [-0.3, -0.25) is 4.79 Å². The number of amides is 1. The second kappa shape index (κ2) is 7.41. The number of aliphatic hydroxyl groups is 1. The van der Waals surface area contributed by atoms with Crippen LogP contribution in [0.2, 0.25) is 0 Å². The van der Waals surface area contributed by atoms with Crippen molar-refractivity contribution in [2.24, 2.45) is 11.7 Å². The Morgan fingerprint density at radius 3 is 2.65 bits per heavy atom. The molecule has 1 fully saturated rings. The van der Waals surface area contributed by atoms with Gasteiger partial charge in [-0.25, -0.2) is 0 Å². The Labute approximate surface area is 120 Å². The van der Waals surface area contributed by atoms with Gasteiger partial charge in [-0.15, -0.1) is 0 Å². The topological polar surface area (TPSA) is 75.4 Å². The minimum atomic E-state index is -0.348. The highest BCUT2D eigenvalue weighted by atomic mass is 16.3. The zero-order valence-corrected chi connectivity index (χ0v) is 11.8. The molecule has 2 unspecified atom stereocenters. The Morgan fingerprint density at radius 1 is 1.25 bits per heavy atom. The minimum absolute atomic E-state index is 0.0256. The number of hydrogen-bond acceptors (Lipinski definition) is 3. The number of benzene rings is 1. The van der Waals surface area contributed by atoms with E-state index in [1.807, 2.05) is 30.3 Å². The van der Waals surface area contributed by atoms with Crippen molar-refractivity contribution in [1.29, 1.82) is 0 Å². The molecule has 0 aromatic heterocycles. The quantitative estimate of drug-likeness (QED) is 0.733. The van der Waals surface area contributed by atoms with Crippen LogP contribution >= 0.6 is 0 Å². The van der Waals surface area contributed by atoms with Gasteiger partial charge in [0.2, 0.25) is 5.91 Å². The molecule has 0 bridgehead atoms. The Balaban J connectivity index is 2.01. The normalized spacial score (nSPS) is 24.7. The second-order valence-electron chi connectivity index (χ2n) is 5.56. The van der Waals surface area contributed by atoms with E-state index in [0.29, 0.717) is 0 Å². The highest BCUT2D eigenvalue weighted by Crippen LogP contribution is 2.23. The number of nitrogens with two attached hydrogens (primary N) is 1. The molecule has 1 aliphatic carbocycles. The van der Waals surface area contributed by atoms with Crippen LogP contribution in [-0.2, 0) is 4.79 Å². The molecule has 4 N–H and O–H groups in total. The first-order chi connectivity index (χ1) is 9.72. The van der Waals surface area contributed by atoms with Gasteiger partial charge in [0.15, 0.2) is 0 Å². The van der Waals surface area contributed by atoms with E-state index in [9.17, 15) is 9.90 Å². The Kier molecular flexibility index (Phi) is 5.56. The maximum absolute atomic E-state index is 12.4. The number of rotatable bonds is 4. The molecule has 20 heavy (non-hydrogen) atoms. The monoisotopic (exact) mass is 276 g/mol. The lowest BCUT2D eigenvalue weighted by molar-refractivity contribution is -0.126. The molecule has 4 heteroatoms. The zero-order valence-electron chi connectivity index (χ0n) is 11.8. The van der Waals surface area contributed by atoms with Crippen molar-refractivity contribution < 1.29 is 9.90 Å². The molecule has 0 saturated heterocycles. The van der Waals surface area contributed by atoms with Crippen LogP contribution in [0.5, 0.6) is 0 Å². The van der Waals surface area contributed by atoms with Crippen LogP contribution in [0.4, 0.5) is 0 Å². The van der Waals surface area contributed by atoms with Crippen molar-refractivity contribution in [2.45, 2.75) is 44.2 Å².